The molecule has 1 N–H and O–H groups in total. The molecule has 52 valence electrons. The summed E-state index contributed by atoms with van der Waals surface area (Å²) in [4.78, 5) is 21.6. The van der Waals surface area contributed by atoms with Crippen molar-refractivity contribution in [1.82, 2.24) is 0 Å². The number of hydrogen-bond donors (Lipinski definition) is 1. The highest BCUT2D eigenvalue weighted by atomic mass is 31.1. The van der Waals surface area contributed by atoms with Crippen LogP contribution in [0.4, 0.5) is 0 Å². The van der Waals surface area contributed by atoms with Gasteiger partial charge in [0.15, 0.2) is 0 Å². The van der Waals surface area contributed by atoms with Gasteiger partial charge in [-0.25, -0.2) is 4.79 Å². The van der Waals surface area contributed by atoms with Gasteiger partial charge in [0, 0.05) is 6.08 Å². The van der Waals surface area contributed by atoms with Crippen LogP contribution in [0.5, 0.6) is 0 Å². The summed E-state index contributed by atoms with van der Waals surface area (Å²) in [6.45, 7) is 3.01. The van der Waals surface area contributed by atoms with E-state index in [1.165, 1.54) is 0 Å². The summed E-state index contributed by atoms with van der Waals surface area (Å²) in [5.74, 6) is -0.901. The predicted molar refractivity (Wildman–Crippen MR) is 28.6 cm³/mol. The zero-order chi connectivity index (χ0) is 7.28. The maximum atomic E-state index is 10.0. The van der Waals surface area contributed by atoms with Gasteiger partial charge in [-0.2, -0.15) is 0 Å². The van der Waals surface area contributed by atoms with E-state index in [2.05, 4.69) is 16.1 Å². The normalized spacial score (nSPS) is 12.1. The second kappa shape index (κ2) is 4.26. The van der Waals surface area contributed by atoms with Crippen LogP contribution in [0.1, 0.15) is 0 Å². The van der Waals surface area contributed by atoms with E-state index in [0.29, 0.717) is 0 Å². The van der Waals surface area contributed by atoms with Crippen LogP contribution in [0.3, 0.4) is 0 Å². The minimum atomic E-state index is -3.18. The molecule has 5 nitrogen and oxygen atoms in total. The van der Waals surface area contributed by atoms with Gasteiger partial charge in [-0.05, 0) is 0 Å². The molecule has 0 aromatic heterocycles. The molecule has 0 spiro atoms. The summed E-state index contributed by atoms with van der Waals surface area (Å²) in [6.07, 6.45) is 0.810. The third kappa shape index (κ3) is 5.23. The first-order chi connectivity index (χ1) is 4.16. The van der Waals surface area contributed by atoms with Crippen molar-refractivity contribution in [3.63, 3.8) is 0 Å². The number of hydrogen-bond acceptors (Lipinski definition) is 4. The lowest BCUT2D eigenvalue weighted by atomic mass is 10.7. The van der Waals surface area contributed by atoms with E-state index in [9.17, 15) is 9.36 Å². The van der Waals surface area contributed by atoms with Crippen LogP contribution >= 0.6 is 8.25 Å². The first-order valence-electron chi connectivity index (χ1n) is 1.90. The number of carbonyl (C=O) groups excluding carboxylic acids is 1. The van der Waals surface area contributed by atoms with Gasteiger partial charge in [0.2, 0.25) is 0 Å². The summed E-state index contributed by atoms with van der Waals surface area (Å²) in [5, 5.41) is 0. The Hall–Kier alpha value is -0.640. The lowest BCUT2D eigenvalue weighted by molar-refractivity contribution is -0.207. The average Bonchev–Trinajstić information content (AvgIpc) is 1.83. The van der Waals surface area contributed by atoms with E-state index in [4.69, 9.17) is 4.89 Å². The molecule has 0 amide bonds. The Labute approximate surface area is 51.8 Å². The van der Waals surface area contributed by atoms with Crippen molar-refractivity contribution < 1.29 is 23.8 Å². The fourth-order valence-electron chi connectivity index (χ4n) is 0.111. The summed E-state index contributed by atoms with van der Waals surface area (Å²) >= 11 is 0. The second-order valence-electron chi connectivity index (χ2n) is 0.956. The Morgan fingerprint density at radius 1 is 1.78 bits per heavy atom. The Morgan fingerprint density at radius 2 is 2.33 bits per heavy atom. The Bertz CT molecular complexity index is 141. The van der Waals surface area contributed by atoms with Crippen molar-refractivity contribution in [2.24, 2.45) is 0 Å². The predicted octanol–water partition coefficient (Wildman–Crippen LogP) is 0.0292. The Morgan fingerprint density at radius 3 is 2.67 bits per heavy atom. The Balaban J connectivity index is 3.39. The molecule has 1 atom stereocenters. The minimum absolute atomic E-state index is 0.810. The second-order valence-corrected chi connectivity index (χ2v) is 1.65. The lowest BCUT2D eigenvalue weighted by Gasteiger charge is -1.92. The maximum absolute atomic E-state index is 10.0. The molecule has 0 aromatic carbocycles. The fourth-order valence-corrected chi connectivity index (χ4v) is 0.264. The fraction of sp³-hybridized carbons (Fsp3) is 0. The molecule has 0 aliphatic rings. The van der Waals surface area contributed by atoms with E-state index in [1.54, 1.807) is 0 Å². The minimum Gasteiger partial charge on any atom is -0.324 e. The van der Waals surface area contributed by atoms with Gasteiger partial charge in [-0.15, -0.1) is 0 Å². The molecule has 0 radical (unpaired) electrons. The summed E-state index contributed by atoms with van der Waals surface area (Å²) in [7, 11) is -3.18. The molecule has 0 saturated heterocycles. The third-order valence-electron chi connectivity index (χ3n) is 0.362. The monoisotopic (exact) mass is 152 g/mol. The van der Waals surface area contributed by atoms with E-state index in [1.807, 2.05) is 0 Å². The molecule has 0 saturated carbocycles. The maximum Gasteiger partial charge on any atom is 0.365 e. The first kappa shape index (κ1) is 8.36. The highest BCUT2D eigenvalue weighted by Crippen LogP contribution is 2.14. The molecular weight excluding hydrogens is 147 g/mol. The average molecular weight is 152 g/mol. The zero-order valence-corrected chi connectivity index (χ0v) is 5.36. The molecule has 0 fully saturated rings. The van der Waals surface area contributed by atoms with E-state index in [-0.39, 0.29) is 0 Å². The quantitative estimate of drug-likeness (QED) is 0.267. The van der Waals surface area contributed by atoms with Crippen molar-refractivity contribution >= 4 is 14.2 Å². The van der Waals surface area contributed by atoms with Crippen LogP contribution in [-0.4, -0.2) is 10.9 Å². The number of rotatable bonds is 3. The molecule has 9 heavy (non-hydrogen) atoms. The van der Waals surface area contributed by atoms with Crippen LogP contribution in [-0.2, 0) is 18.9 Å². The molecule has 6 heteroatoms. The van der Waals surface area contributed by atoms with Gasteiger partial charge >= 0.3 is 14.2 Å². The molecular formula is C3H5O5P. The molecule has 0 aliphatic carbocycles. The topological polar surface area (TPSA) is 72.8 Å². The summed E-state index contributed by atoms with van der Waals surface area (Å²) in [6, 6.07) is 0. The van der Waals surface area contributed by atoms with Gasteiger partial charge < -0.3 is 4.89 Å². The summed E-state index contributed by atoms with van der Waals surface area (Å²) < 4.78 is 13.2. The smallest absolute Gasteiger partial charge is 0.324 e. The van der Waals surface area contributed by atoms with Crippen molar-refractivity contribution in [2.45, 2.75) is 0 Å². The van der Waals surface area contributed by atoms with E-state index in [0.717, 1.165) is 6.08 Å². The molecule has 0 bridgehead atoms. The van der Waals surface area contributed by atoms with Crippen LogP contribution in [0, 0.1) is 0 Å². The standard InChI is InChI=1S/C3H5O5P/c1-2-3(4)7-8-9(5)6/h2,9H,1H2,(H,5,6). The van der Waals surface area contributed by atoms with Crippen LogP contribution in [0.25, 0.3) is 0 Å². The van der Waals surface area contributed by atoms with Gasteiger partial charge in [0.1, 0.15) is 0 Å². The van der Waals surface area contributed by atoms with E-state index < -0.39 is 14.2 Å². The van der Waals surface area contributed by atoms with Gasteiger partial charge in [0.25, 0.3) is 0 Å². The summed E-state index contributed by atoms with van der Waals surface area (Å²) in [5.41, 5.74) is 0. The molecule has 0 rings (SSSR count). The largest absolute Gasteiger partial charge is 0.365 e. The zero-order valence-electron chi connectivity index (χ0n) is 4.36. The van der Waals surface area contributed by atoms with Crippen LogP contribution in [0.15, 0.2) is 12.7 Å². The molecule has 0 aromatic rings. The molecule has 0 aliphatic heterocycles. The SMILES string of the molecule is C=CC(=O)OO[PH](=O)O. The lowest BCUT2D eigenvalue weighted by Crippen LogP contribution is -1.95. The van der Waals surface area contributed by atoms with Gasteiger partial charge in [0.05, 0.1) is 0 Å². The third-order valence-corrected chi connectivity index (χ3v) is 0.588. The van der Waals surface area contributed by atoms with Crippen LogP contribution in [0.2, 0.25) is 0 Å². The van der Waals surface area contributed by atoms with Crippen molar-refractivity contribution in [3.8, 4) is 0 Å². The molecule has 0 heterocycles. The highest BCUT2D eigenvalue weighted by Gasteiger charge is 1.97. The van der Waals surface area contributed by atoms with E-state index >= 15 is 0 Å². The van der Waals surface area contributed by atoms with Gasteiger partial charge in [-0.3, -0.25) is 9.45 Å². The van der Waals surface area contributed by atoms with Crippen molar-refractivity contribution in [1.29, 1.82) is 0 Å². The van der Waals surface area contributed by atoms with Crippen molar-refractivity contribution in [2.75, 3.05) is 0 Å². The molecule has 1 unspecified atom stereocenters. The van der Waals surface area contributed by atoms with Crippen LogP contribution < -0.4 is 0 Å². The van der Waals surface area contributed by atoms with Crippen molar-refractivity contribution in [3.05, 3.63) is 12.7 Å². The Kier molecular flexibility index (Phi) is 3.96. The first-order valence-corrected chi connectivity index (χ1v) is 3.17. The highest BCUT2D eigenvalue weighted by molar-refractivity contribution is 7.31. The van der Waals surface area contributed by atoms with Gasteiger partial charge in [-0.1, -0.05) is 11.3 Å². The number of carbonyl (C=O) groups is 1.